The molecule has 7 nitrogen and oxygen atoms in total. The highest BCUT2D eigenvalue weighted by molar-refractivity contribution is 7.22. The molecule has 1 saturated heterocycles. The van der Waals surface area contributed by atoms with Crippen LogP contribution in [0, 0.1) is 6.92 Å². The van der Waals surface area contributed by atoms with Crippen molar-refractivity contribution in [3.63, 3.8) is 0 Å². The maximum Gasteiger partial charge on any atom is 0.301 e. The molecule has 2 aliphatic rings. The third kappa shape index (κ3) is 3.53. The predicted octanol–water partition coefficient (Wildman–Crippen LogP) is 5.17. The molecule has 0 spiro atoms. The van der Waals surface area contributed by atoms with Crippen LogP contribution in [0.2, 0.25) is 0 Å². The van der Waals surface area contributed by atoms with Gasteiger partial charge in [0.1, 0.15) is 17.3 Å². The molecule has 8 heteroatoms. The Hall–Kier alpha value is -4.17. The molecule has 0 aliphatic carbocycles. The van der Waals surface area contributed by atoms with Crippen molar-refractivity contribution in [2.45, 2.75) is 19.4 Å². The van der Waals surface area contributed by atoms with Gasteiger partial charge in [-0.05, 0) is 66.1 Å². The molecule has 6 rings (SSSR count). The lowest BCUT2D eigenvalue weighted by atomic mass is 9.94. The highest BCUT2D eigenvalue weighted by atomic mass is 32.1. The minimum absolute atomic E-state index is 0.0273. The number of methoxy groups -OCH3 is 1. The van der Waals surface area contributed by atoms with Gasteiger partial charge in [-0.15, -0.1) is 0 Å². The van der Waals surface area contributed by atoms with Crippen LogP contribution in [0.15, 0.2) is 66.2 Å². The zero-order valence-electron chi connectivity index (χ0n) is 19.6. The number of carbonyl (C=O) groups excluding carboxylic acids is 2. The Balaban J connectivity index is 1.54. The monoisotopic (exact) mass is 498 g/mol. The number of thiazole rings is 1. The number of hydrogen-bond acceptors (Lipinski definition) is 7. The van der Waals surface area contributed by atoms with Crippen molar-refractivity contribution >= 4 is 44.1 Å². The van der Waals surface area contributed by atoms with Gasteiger partial charge in [-0.25, -0.2) is 4.98 Å². The van der Waals surface area contributed by atoms with E-state index in [4.69, 9.17) is 9.47 Å². The number of hydrogen-bond donors (Lipinski definition) is 1. The van der Waals surface area contributed by atoms with Crippen LogP contribution in [0.1, 0.15) is 28.3 Å². The summed E-state index contributed by atoms with van der Waals surface area (Å²) in [7, 11) is 1.57. The number of benzene rings is 3. The normalized spacial score (nSPS) is 18.5. The second-order valence-corrected chi connectivity index (χ2v) is 9.84. The number of aryl methyl sites for hydroxylation is 1. The first-order chi connectivity index (χ1) is 17.4. The number of ether oxygens (including phenoxy) is 2. The molecule has 1 atom stereocenters. The molecule has 1 amide bonds. The van der Waals surface area contributed by atoms with E-state index < -0.39 is 17.7 Å². The average Bonchev–Trinajstić information content (AvgIpc) is 3.59. The molecule has 1 fully saturated rings. The number of aliphatic hydroxyl groups excluding tert-OH is 1. The Morgan fingerprint density at radius 3 is 2.69 bits per heavy atom. The topological polar surface area (TPSA) is 89.0 Å². The molecule has 36 heavy (non-hydrogen) atoms. The number of nitrogens with zero attached hydrogens (tertiary/aromatic N) is 2. The molecule has 1 N–H and O–H groups in total. The minimum Gasteiger partial charge on any atom is -0.507 e. The second kappa shape index (κ2) is 8.49. The first-order valence-corrected chi connectivity index (χ1v) is 12.3. The predicted molar refractivity (Wildman–Crippen MR) is 138 cm³/mol. The first-order valence-electron chi connectivity index (χ1n) is 11.5. The van der Waals surface area contributed by atoms with Gasteiger partial charge in [0, 0.05) is 12.0 Å². The zero-order valence-corrected chi connectivity index (χ0v) is 20.5. The number of carbonyl (C=O) groups is 2. The summed E-state index contributed by atoms with van der Waals surface area (Å²) in [6.45, 7) is 2.57. The second-order valence-electron chi connectivity index (χ2n) is 8.83. The van der Waals surface area contributed by atoms with Crippen LogP contribution in [-0.2, 0) is 16.0 Å². The highest BCUT2D eigenvalue weighted by Crippen LogP contribution is 2.45. The van der Waals surface area contributed by atoms with Crippen LogP contribution >= 0.6 is 11.3 Å². The molecule has 0 radical (unpaired) electrons. The number of fused-ring (bicyclic) bond motifs is 2. The van der Waals surface area contributed by atoms with Gasteiger partial charge in [0.25, 0.3) is 5.78 Å². The standard InChI is InChI=1S/C28H22N2O5S/c1-15-3-9-20-22(13-15)36-28(29-20)30-24(16-4-7-19(34-2)8-5-16)23(26(32)27(30)33)25(31)18-6-10-21-17(14-18)11-12-35-21/h3-10,13-14,24,31H,11-12H2,1-2H3/b25-23+. The lowest BCUT2D eigenvalue weighted by Crippen LogP contribution is -2.29. The van der Waals surface area contributed by atoms with E-state index in [-0.39, 0.29) is 11.3 Å². The molecule has 0 bridgehead atoms. The number of aromatic nitrogens is 1. The van der Waals surface area contributed by atoms with Crippen LogP contribution in [0.25, 0.3) is 16.0 Å². The Bertz CT molecular complexity index is 1570. The molecule has 2 aliphatic heterocycles. The van der Waals surface area contributed by atoms with Gasteiger partial charge in [0.2, 0.25) is 0 Å². The van der Waals surface area contributed by atoms with E-state index in [0.29, 0.717) is 28.6 Å². The summed E-state index contributed by atoms with van der Waals surface area (Å²) in [5, 5.41) is 11.8. The Labute approximate surface area is 211 Å². The summed E-state index contributed by atoms with van der Waals surface area (Å²) in [4.78, 5) is 32.9. The average molecular weight is 499 g/mol. The number of Topliss-reactive ketones (excluding diaryl/α,β-unsaturated/α-hetero) is 1. The Kier molecular flexibility index (Phi) is 5.26. The maximum absolute atomic E-state index is 13.4. The Morgan fingerprint density at radius 2 is 1.92 bits per heavy atom. The van der Waals surface area contributed by atoms with E-state index in [1.165, 1.54) is 16.2 Å². The van der Waals surface area contributed by atoms with Crippen molar-refractivity contribution in [2.75, 3.05) is 18.6 Å². The van der Waals surface area contributed by atoms with E-state index in [1.54, 1.807) is 43.5 Å². The van der Waals surface area contributed by atoms with Crippen LogP contribution in [0.4, 0.5) is 5.13 Å². The van der Waals surface area contributed by atoms with Gasteiger partial charge >= 0.3 is 5.91 Å². The quantitative estimate of drug-likeness (QED) is 0.237. The van der Waals surface area contributed by atoms with Gasteiger partial charge in [-0.3, -0.25) is 14.5 Å². The number of rotatable bonds is 4. The Morgan fingerprint density at radius 1 is 1.11 bits per heavy atom. The lowest BCUT2D eigenvalue weighted by Gasteiger charge is -2.23. The van der Waals surface area contributed by atoms with E-state index in [9.17, 15) is 14.7 Å². The smallest absolute Gasteiger partial charge is 0.301 e. The van der Waals surface area contributed by atoms with Gasteiger partial charge < -0.3 is 14.6 Å². The third-order valence-corrected chi connectivity index (χ3v) is 7.60. The van der Waals surface area contributed by atoms with E-state index in [0.717, 1.165) is 33.5 Å². The number of anilines is 1. The van der Waals surface area contributed by atoms with Crippen molar-refractivity contribution in [1.29, 1.82) is 0 Å². The molecule has 0 saturated carbocycles. The van der Waals surface area contributed by atoms with Gasteiger partial charge in [0.05, 0.1) is 35.5 Å². The van der Waals surface area contributed by atoms with Crippen molar-refractivity contribution in [1.82, 2.24) is 4.98 Å². The molecule has 3 aromatic carbocycles. The van der Waals surface area contributed by atoms with Crippen molar-refractivity contribution < 1.29 is 24.2 Å². The number of ketones is 1. The van der Waals surface area contributed by atoms with Gasteiger partial charge in [-0.1, -0.05) is 29.5 Å². The summed E-state index contributed by atoms with van der Waals surface area (Å²) in [6.07, 6.45) is 0.720. The summed E-state index contributed by atoms with van der Waals surface area (Å²) in [6, 6.07) is 17.4. The van der Waals surface area contributed by atoms with E-state index in [2.05, 4.69) is 4.98 Å². The third-order valence-electron chi connectivity index (χ3n) is 6.58. The lowest BCUT2D eigenvalue weighted by molar-refractivity contribution is -0.132. The fraction of sp³-hybridized carbons (Fsp3) is 0.179. The van der Waals surface area contributed by atoms with Crippen LogP contribution in [-0.4, -0.2) is 35.5 Å². The van der Waals surface area contributed by atoms with Gasteiger partial charge in [-0.2, -0.15) is 0 Å². The molecule has 1 unspecified atom stereocenters. The fourth-order valence-electron chi connectivity index (χ4n) is 4.74. The summed E-state index contributed by atoms with van der Waals surface area (Å²) in [5.74, 6) is -0.283. The SMILES string of the molecule is COc1ccc(C2/C(=C(\O)c3ccc4c(c3)CCO4)C(=O)C(=O)N2c2nc3ccc(C)cc3s2)cc1. The molecular formula is C28H22N2O5S. The fourth-order valence-corrected chi connectivity index (χ4v) is 5.83. The molecule has 4 aromatic rings. The van der Waals surface area contributed by atoms with Crippen molar-refractivity contribution in [3.05, 3.63) is 88.5 Å². The largest absolute Gasteiger partial charge is 0.507 e. The van der Waals surface area contributed by atoms with E-state index >= 15 is 0 Å². The van der Waals surface area contributed by atoms with Crippen molar-refractivity contribution in [2.24, 2.45) is 0 Å². The summed E-state index contributed by atoms with van der Waals surface area (Å²) in [5.41, 5.74) is 3.93. The van der Waals surface area contributed by atoms with Crippen LogP contribution < -0.4 is 14.4 Å². The minimum atomic E-state index is -0.845. The summed E-state index contributed by atoms with van der Waals surface area (Å²) < 4.78 is 11.8. The maximum atomic E-state index is 13.4. The molecule has 1 aromatic heterocycles. The number of amides is 1. The number of aliphatic hydroxyl groups is 1. The molecule has 180 valence electrons. The molecule has 3 heterocycles. The van der Waals surface area contributed by atoms with Crippen LogP contribution in [0.3, 0.4) is 0 Å². The highest BCUT2D eigenvalue weighted by Gasteiger charge is 2.48. The van der Waals surface area contributed by atoms with Crippen LogP contribution in [0.5, 0.6) is 11.5 Å². The zero-order chi connectivity index (χ0) is 25.0. The van der Waals surface area contributed by atoms with Crippen molar-refractivity contribution in [3.8, 4) is 11.5 Å². The van der Waals surface area contributed by atoms with Gasteiger partial charge in [0.15, 0.2) is 5.13 Å². The summed E-state index contributed by atoms with van der Waals surface area (Å²) >= 11 is 1.34. The van der Waals surface area contributed by atoms with E-state index in [1.807, 2.05) is 31.2 Å². The molecular weight excluding hydrogens is 476 g/mol. The first kappa shape index (κ1) is 22.3.